The number of rotatable bonds is 6. The first kappa shape index (κ1) is 18.4. The monoisotopic (exact) mass is 382 g/mol. The Morgan fingerprint density at radius 1 is 1.23 bits per heavy atom. The fourth-order valence-corrected chi connectivity index (χ4v) is 3.74. The van der Waals surface area contributed by atoms with Crippen LogP contribution in [0.4, 0.5) is 14.5 Å². The standard InChI is InChI=1S/C17H16F2N2O4S/c1-23-14-5-6-20-13(16(14)24-2)9-26(22)15-7-10-3-4-11(25-17(18)19)8-12(10)21-15/h3-6,8,17H,7,9H2,1-2H3. The van der Waals surface area contributed by atoms with Crippen molar-refractivity contribution in [3.8, 4) is 17.2 Å². The summed E-state index contributed by atoms with van der Waals surface area (Å²) >= 11 is -1.45. The van der Waals surface area contributed by atoms with Gasteiger partial charge in [-0.3, -0.25) is 4.98 Å². The summed E-state index contributed by atoms with van der Waals surface area (Å²) in [5, 5.41) is 0.445. The third-order valence-electron chi connectivity index (χ3n) is 3.77. The summed E-state index contributed by atoms with van der Waals surface area (Å²) in [6, 6.07) is 6.15. The molecular weight excluding hydrogens is 366 g/mol. The van der Waals surface area contributed by atoms with Crippen molar-refractivity contribution in [2.75, 3.05) is 14.2 Å². The molecule has 0 saturated heterocycles. The van der Waals surface area contributed by atoms with Crippen LogP contribution in [0.3, 0.4) is 0 Å². The highest BCUT2D eigenvalue weighted by atomic mass is 32.2. The van der Waals surface area contributed by atoms with Crippen molar-refractivity contribution in [2.24, 2.45) is 4.99 Å². The number of nitrogens with zero attached hydrogens (tertiary/aromatic N) is 2. The highest BCUT2D eigenvalue weighted by molar-refractivity contribution is 8.05. The van der Waals surface area contributed by atoms with Gasteiger partial charge in [0.1, 0.15) is 11.4 Å². The van der Waals surface area contributed by atoms with Crippen molar-refractivity contribution >= 4 is 21.9 Å². The van der Waals surface area contributed by atoms with Gasteiger partial charge in [-0.05, 0) is 11.6 Å². The second-order valence-electron chi connectivity index (χ2n) is 5.33. The number of hydrogen-bond acceptors (Lipinski definition) is 6. The van der Waals surface area contributed by atoms with E-state index in [1.807, 2.05) is 0 Å². The molecule has 2 heterocycles. The van der Waals surface area contributed by atoms with Crippen molar-refractivity contribution in [3.63, 3.8) is 0 Å². The SMILES string of the molecule is COc1ccnc(C[S+]([O-])C2=Nc3cc(OC(F)F)ccc3C2)c1OC. The molecular formula is C17H16F2N2O4S. The molecule has 6 nitrogen and oxygen atoms in total. The third-order valence-corrected chi connectivity index (χ3v) is 5.06. The maximum absolute atomic E-state index is 12.7. The average molecular weight is 382 g/mol. The summed E-state index contributed by atoms with van der Waals surface area (Å²) in [7, 11) is 2.99. The maximum Gasteiger partial charge on any atom is 0.387 e. The lowest BCUT2D eigenvalue weighted by molar-refractivity contribution is -0.0498. The van der Waals surface area contributed by atoms with Gasteiger partial charge in [0.2, 0.25) is 5.04 Å². The molecule has 0 N–H and O–H groups in total. The lowest BCUT2D eigenvalue weighted by Gasteiger charge is -2.13. The molecule has 1 aliphatic rings. The summed E-state index contributed by atoms with van der Waals surface area (Å²) in [4.78, 5) is 8.51. The van der Waals surface area contributed by atoms with E-state index >= 15 is 0 Å². The molecule has 26 heavy (non-hydrogen) atoms. The molecule has 1 aromatic heterocycles. The minimum absolute atomic E-state index is 0.0191. The zero-order chi connectivity index (χ0) is 18.7. The highest BCUT2D eigenvalue weighted by Gasteiger charge is 2.28. The van der Waals surface area contributed by atoms with E-state index in [9.17, 15) is 13.3 Å². The van der Waals surface area contributed by atoms with E-state index in [1.165, 1.54) is 26.4 Å². The maximum atomic E-state index is 12.7. The molecule has 3 rings (SSSR count). The lowest BCUT2D eigenvalue weighted by atomic mass is 10.1. The summed E-state index contributed by atoms with van der Waals surface area (Å²) in [5.74, 6) is 1.05. The fourth-order valence-electron chi connectivity index (χ4n) is 2.60. The number of fused-ring (bicyclic) bond motifs is 1. The van der Waals surface area contributed by atoms with E-state index in [2.05, 4.69) is 14.7 Å². The van der Waals surface area contributed by atoms with Crippen LogP contribution in [-0.4, -0.2) is 35.4 Å². The van der Waals surface area contributed by atoms with Crippen LogP contribution in [0.2, 0.25) is 0 Å². The van der Waals surface area contributed by atoms with Crippen LogP contribution in [0, 0.1) is 0 Å². The number of aliphatic imine (C=N–C) groups is 1. The van der Waals surface area contributed by atoms with E-state index in [4.69, 9.17) is 9.47 Å². The Bertz CT molecular complexity index is 832. The van der Waals surface area contributed by atoms with Gasteiger partial charge in [0.25, 0.3) is 0 Å². The number of benzene rings is 1. The van der Waals surface area contributed by atoms with Gasteiger partial charge in [-0.15, -0.1) is 0 Å². The van der Waals surface area contributed by atoms with Gasteiger partial charge in [-0.2, -0.15) is 8.78 Å². The number of hydrogen-bond donors (Lipinski definition) is 0. The van der Waals surface area contributed by atoms with Gasteiger partial charge in [-0.1, -0.05) is 6.07 Å². The van der Waals surface area contributed by atoms with Gasteiger partial charge in [-0.25, -0.2) is 4.99 Å². The molecule has 0 spiro atoms. The Morgan fingerprint density at radius 3 is 2.73 bits per heavy atom. The van der Waals surface area contributed by atoms with Gasteiger partial charge in [0.15, 0.2) is 17.3 Å². The van der Waals surface area contributed by atoms with Crippen LogP contribution >= 0.6 is 0 Å². The predicted molar refractivity (Wildman–Crippen MR) is 93.1 cm³/mol. The first-order chi connectivity index (χ1) is 12.5. The van der Waals surface area contributed by atoms with Gasteiger partial charge >= 0.3 is 6.61 Å². The summed E-state index contributed by atoms with van der Waals surface area (Å²) in [6.07, 6.45) is 1.93. The van der Waals surface area contributed by atoms with E-state index in [0.29, 0.717) is 34.3 Å². The van der Waals surface area contributed by atoms with Crippen LogP contribution in [0.15, 0.2) is 35.5 Å². The van der Waals surface area contributed by atoms with Crippen molar-refractivity contribution in [2.45, 2.75) is 18.8 Å². The molecule has 1 aliphatic heterocycles. The van der Waals surface area contributed by atoms with Crippen LogP contribution in [0.5, 0.6) is 17.2 Å². The third kappa shape index (κ3) is 3.88. The molecule has 0 aliphatic carbocycles. The molecule has 1 atom stereocenters. The number of aromatic nitrogens is 1. The van der Waals surface area contributed by atoms with Gasteiger partial charge in [0, 0.05) is 29.5 Å². The zero-order valence-electron chi connectivity index (χ0n) is 14.1. The first-order valence-corrected chi connectivity index (χ1v) is 8.93. The Labute approximate surface area is 152 Å². The molecule has 0 bridgehead atoms. The van der Waals surface area contributed by atoms with Gasteiger partial charge < -0.3 is 18.8 Å². The molecule has 9 heteroatoms. The quantitative estimate of drug-likeness (QED) is 0.717. The number of ether oxygens (including phenoxy) is 3. The predicted octanol–water partition coefficient (Wildman–Crippen LogP) is 3.24. The Balaban J connectivity index is 1.78. The Kier molecular flexibility index (Phi) is 5.58. The van der Waals surface area contributed by atoms with E-state index in [1.54, 1.807) is 18.3 Å². The van der Waals surface area contributed by atoms with Crippen molar-refractivity contribution in [1.82, 2.24) is 4.98 Å². The normalized spacial score (nSPS) is 14.0. The second-order valence-corrected chi connectivity index (χ2v) is 6.79. The summed E-state index contributed by atoms with van der Waals surface area (Å²) < 4.78 is 52.2. The molecule has 1 aromatic carbocycles. The fraction of sp³-hybridized carbons (Fsp3) is 0.294. The average Bonchev–Trinajstić information content (AvgIpc) is 3.04. The van der Waals surface area contributed by atoms with Crippen molar-refractivity contribution in [1.29, 1.82) is 0 Å². The largest absolute Gasteiger partial charge is 0.610 e. The molecule has 0 saturated carbocycles. The summed E-state index contributed by atoms with van der Waals surface area (Å²) in [5.41, 5.74) is 1.78. The number of alkyl halides is 2. The molecule has 0 amide bonds. The lowest BCUT2D eigenvalue weighted by Crippen LogP contribution is -2.18. The minimum atomic E-state index is -2.90. The van der Waals surface area contributed by atoms with Crippen molar-refractivity contribution < 1.29 is 27.5 Å². The summed E-state index contributed by atoms with van der Waals surface area (Å²) in [6.45, 7) is -2.90. The first-order valence-electron chi connectivity index (χ1n) is 7.61. The smallest absolute Gasteiger partial charge is 0.387 e. The van der Waals surface area contributed by atoms with E-state index < -0.39 is 17.8 Å². The van der Waals surface area contributed by atoms with Crippen LogP contribution in [0.25, 0.3) is 0 Å². The van der Waals surface area contributed by atoms with Crippen molar-refractivity contribution in [3.05, 3.63) is 41.7 Å². The highest BCUT2D eigenvalue weighted by Crippen LogP contribution is 2.35. The van der Waals surface area contributed by atoms with Gasteiger partial charge in [0.05, 0.1) is 26.3 Å². The Morgan fingerprint density at radius 2 is 2.04 bits per heavy atom. The number of methoxy groups -OCH3 is 2. The van der Waals surface area contributed by atoms with Crippen LogP contribution in [0.1, 0.15) is 11.3 Å². The zero-order valence-corrected chi connectivity index (χ0v) is 14.9. The number of pyridine rings is 1. The molecule has 1 unspecified atom stereocenters. The van der Waals surface area contributed by atoms with E-state index in [-0.39, 0.29) is 11.5 Å². The molecule has 0 fully saturated rings. The Hall–Kier alpha value is -2.39. The number of halogens is 2. The molecule has 138 valence electrons. The second kappa shape index (κ2) is 7.88. The van der Waals surface area contributed by atoms with Crippen LogP contribution in [-0.2, 0) is 23.3 Å². The molecule has 2 aromatic rings. The molecule has 0 radical (unpaired) electrons. The minimum Gasteiger partial charge on any atom is -0.610 e. The van der Waals surface area contributed by atoms with E-state index in [0.717, 1.165) is 5.56 Å². The van der Waals surface area contributed by atoms with Crippen LogP contribution < -0.4 is 14.2 Å². The topological polar surface area (TPSA) is 76.0 Å².